The van der Waals surface area contributed by atoms with E-state index in [-0.39, 0.29) is 6.04 Å². The molecule has 0 amide bonds. The van der Waals surface area contributed by atoms with Gasteiger partial charge in [0.2, 0.25) is 0 Å². The molecule has 2 heteroatoms. The van der Waals surface area contributed by atoms with Gasteiger partial charge in [-0.05, 0) is 41.9 Å². The van der Waals surface area contributed by atoms with Crippen molar-refractivity contribution >= 4 is 11.6 Å². The Morgan fingerprint density at radius 1 is 1.38 bits per heavy atom. The van der Waals surface area contributed by atoms with Crippen LogP contribution < -0.4 is 5.73 Å². The summed E-state index contributed by atoms with van der Waals surface area (Å²) in [4.78, 5) is 0. The van der Waals surface area contributed by atoms with E-state index in [9.17, 15) is 0 Å². The molecule has 1 aromatic rings. The fourth-order valence-electron chi connectivity index (χ4n) is 2.49. The van der Waals surface area contributed by atoms with Crippen LogP contribution in [-0.4, -0.2) is 0 Å². The quantitative estimate of drug-likeness (QED) is 0.674. The topological polar surface area (TPSA) is 26.0 Å². The summed E-state index contributed by atoms with van der Waals surface area (Å²) in [5, 5.41) is 0.900. The van der Waals surface area contributed by atoms with Crippen molar-refractivity contribution in [1.82, 2.24) is 0 Å². The summed E-state index contributed by atoms with van der Waals surface area (Å²) < 4.78 is 0. The second-order valence-corrected chi connectivity index (χ2v) is 4.73. The molecule has 0 bridgehead atoms. The van der Waals surface area contributed by atoms with Crippen molar-refractivity contribution in [2.24, 2.45) is 11.1 Å². The number of benzene rings is 1. The van der Waals surface area contributed by atoms with Crippen LogP contribution in [0.5, 0.6) is 0 Å². The van der Waals surface area contributed by atoms with Gasteiger partial charge in [0.25, 0.3) is 0 Å². The molecule has 0 heterocycles. The molecule has 1 atom stereocenters. The maximum absolute atomic E-state index is 6.20. The summed E-state index contributed by atoms with van der Waals surface area (Å²) >= 11 is 6.13. The molecule has 2 N–H and O–H groups in total. The maximum atomic E-state index is 6.20. The lowest BCUT2D eigenvalue weighted by Crippen LogP contribution is -2.17. The largest absolute Gasteiger partial charge is 0.323 e. The first kappa shape index (κ1) is 7.84. The molecule has 1 unspecified atom stereocenters. The van der Waals surface area contributed by atoms with Crippen LogP contribution in [-0.2, 0) is 6.42 Å². The number of rotatable bonds is 0. The van der Waals surface area contributed by atoms with E-state index < -0.39 is 0 Å². The Labute approximate surface area is 82.9 Å². The third kappa shape index (κ3) is 0.918. The lowest BCUT2D eigenvalue weighted by Gasteiger charge is -2.12. The normalized spacial score (nSPS) is 27.7. The molecule has 0 aromatic heterocycles. The molecule has 1 nitrogen and oxygen atoms in total. The van der Waals surface area contributed by atoms with Crippen molar-refractivity contribution in [3.63, 3.8) is 0 Å². The van der Waals surface area contributed by atoms with Gasteiger partial charge >= 0.3 is 0 Å². The van der Waals surface area contributed by atoms with Gasteiger partial charge in [0.05, 0.1) is 0 Å². The number of hydrogen-bond donors (Lipinski definition) is 1. The summed E-state index contributed by atoms with van der Waals surface area (Å²) in [5.41, 5.74) is 9.18. The molecular formula is C11H12ClN. The highest BCUT2D eigenvalue weighted by Gasteiger charge is 2.53. The van der Waals surface area contributed by atoms with Crippen molar-refractivity contribution in [3.8, 4) is 0 Å². The van der Waals surface area contributed by atoms with Gasteiger partial charge in [0, 0.05) is 11.1 Å². The van der Waals surface area contributed by atoms with E-state index in [4.69, 9.17) is 17.3 Å². The van der Waals surface area contributed by atoms with E-state index >= 15 is 0 Å². The van der Waals surface area contributed by atoms with E-state index in [0.29, 0.717) is 5.41 Å². The molecular weight excluding hydrogens is 182 g/mol. The molecule has 3 rings (SSSR count). The molecule has 1 aromatic carbocycles. The summed E-state index contributed by atoms with van der Waals surface area (Å²) in [6.45, 7) is 0. The van der Waals surface area contributed by atoms with Crippen molar-refractivity contribution in [3.05, 3.63) is 34.3 Å². The third-order valence-electron chi connectivity index (χ3n) is 3.57. The van der Waals surface area contributed by atoms with Gasteiger partial charge in [0.15, 0.2) is 0 Å². The van der Waals surface area contributed by atoms with E-state index in [0.717, 1.165) is 11.4 Å². The molecule has 13 heavy (non-hydrogen) atoms. The van der Waals surface area contributed by atoms with Gasteiger partial charge < -0.3 is 5.73 Å². The van der Waals surface area contributed by atoms with Gasteiger partial charge in [-0.2, -0.15) is 0 Å². The van der Waals surface area contributed by atoms with Crippen LogP contribution in [0.3, 0.4) is 0 Å². The Morgan fingerprint density at radius 2 is 2.15 bits per heavy atom. The lowest BCUT2D eigenvalue weighted by atomic mass is 9.99. The molecule has 1 saturated carbocycles. The molecule has 1 spiro atoms. The maximum Gasteiger partial charge on any atom is 0.0441 e. The zero-order valence-electron chi connectivity index (χ0n) is 7.39. The summed E-state index contributed by atoms with van der Waals surface area (Å²) in [5.74, 6) is 0. The highest BCUT2D eigenvalue weighted by molar-refractivity contribution is 6.31. The summed E-state index contributed by atoms with van der Waals surface area (Å²) in [7, 11) is 0. The molecule has 0 saturated heterocycles. The van der Waals surface area contributed by atoms with Crippen molar-refractivity contribution in [1.29, 1.82) is 0 Å². The molecule has 2 aliphatic rings. The standard InChI is InChI=1S/C11H12ClN/c12-9-3-1-2-7-8(9)6-11(4-5-11)10(7)13/h1-3,10H,4-6,13H2. The fraction of sp³-hybridized carbons (Fsp3) is 0.455. The van der Waals surface area contributed by atoms with Crippen LogP contribution in [0.25, 0.3) is 0 Å². The van der Waals surface area contributed by atoms with Crippen LogP contribution in [0.4, 0.5) is 0 Å². The zero-order valence-corrected chi connectivity index (χ0v) is 8.14. The first-order valence-corrected chi connectivity index (χ1v) is 5.14. The molecule has 68 valence electrons. The minimum Gasteiger partial charge on any atom is -0.323 e. The minimum absolute atomic E-state index is 0.237. The van der Waals surface area contributed by atoms with Crippen molar-refractivity contribution < 1.29 is 0 Å². The van der Waals surface area contributed by atoms with Crippen molar-refractivity contribution in [2.45, 2.75) is 25.3 Å². The monoisotopic (exact) mass is 193 g/mol. The molecule has 2 aliphatic carbocycles. The Morgan fingerprint density at radius 3 is 2.77 bits per heavy atom. The van der Waals surface area contributed by atoms with Gasteiger partial charge in [0.1, 0.15) is 0 Å². The van der Waals surface area contributed by atoms with Gasteiger partial charge in [-0.3, -0.25) is 0 Å². The Kier molecular flexibility index (Phi) is 1.38. The van der Waals surface area contributed by atoms with Crippen LogP contribution in [0.15, 0.2) is 18.2 Å². The summed E-state index contributed by atoms with van der Waals surface area (Å²) in [6.07, 6.45) is 3.65. The number of halogens is 1. The number of hydrogen-bond acceptors (Lipinski definition) is 1. The first-order chi connectivity index (χ1) is 6.23. The van der Waals surface area contributed by atoms with E-state index in [1.54, 1.807) is 0 Å². The number of nitrogens with two attached hydrogens (primary N) is 1. The Balaban J connectivity index is 2.16. The smallest absolute Gasteiger partial charge is 0.0441 e. The number of fused-ring (bicyclic) bond motifs is 1. The lowest BCUT2D eigenvalue weighted by molar-refractivity contribution is 0.446. The highest BCUT2D eigenvalue weighted by atomic mass is 35.5. The molecule has 1 fully saturated rings. The second-order valence-electron chi connectivity index (χ2n) is 4.32. The van der Waals surface area contributed by atoms with Gasteiger partial charge in [-0.25, -0.2) is 0 Å². The van der Waals surface area contributed by atoms with E-state index in [2.05, 4.69) is 6.07 Å². The van der Waals surface area contributed by atoms with Crippen LogP contribution in [0.1, 0.15) is 30.0 Å². The van der Waals surface area contributed by atoms with Crippen LogP contribution >= 0.6 is 11.6 Å². The average Bonchev–Trinajstić information content (AvgIpc) is 2.82. The Bertz CT molecular complexity index is 368. The molecule has 0 radical (unpaired) electrons. The predicted octanol–water partition coefficient (Wildman–Crippen LogP) is 2.68. The van der Waals surface area contributed by atoms with Gasteiger partial charge in [-0.15, -0.1) is 0 Å². The third-order valence-corrected chi connectivity index (χ3v) is 3.93. The van der Waals surface area contributed by atoms with Crippen molar-refractivity contribution in [2.75, 3.05) is 0 Å². The SMILES string of the molecule is NC1c2cccc(Cl)c2CC12CC2. The van der Waals surface area contributed by atoms with Crippen LogP contribution in [0, 0.1) is 5.41 Å². The highest BCUT2D eigenvalue weighted by Crippen LogP contribution is 2.61. The molecule has 0 aliphatic heterocycles. The zero-order chi connectivity index (χ0) is 9.05. The summed E-state index contributed by atoms with van der Waals surface area (Å²) in [6, 6.07) is 6.33. The van der Waals surface area contributed by atoms with Crippen LogP contribution in [0.2, 0.25) is 5.02 Å². The Hall–Kier alpha value is -0.530. The predicted molar refractivity (Wildman–Crippen MR) is 53.8 cm³/mol. The second kappa shape index (κ2) is 2.28. The fourth-order valence-corrected chi connectivity index (χ4v) is 2.74. The van der Waals surface area contributed by atoms with E-state index in [1.807, 2.05) is 12.1 Å². The first-order valence-electron chi connectivity index (χ1n) is 4.76. The van der Waals surface area contributed by atoms with E-state index in [1.165, 1.54) is 24.0 Å². The van der Waals surface area contributed by atoms with Gasteiger partial charge in [-0.1, -0.05) is 23.7 Å². The minimum atomic E-state index is 0.237. The average molecular weight is 194 g/mol.